The molecule has 0 radical (unpaired) electrons. The highest BCUT2D eigenvalue weighted by atomic mass is 16.5. The molecule has 1 fully saturated rings. The first kappa shape index (κ1) is 13.6. The molecule has 0 spiro atoms. The van der Waals surface area contributed by atoms with Crippen molar-refractivity contribution in [2.24, 2.45) is 0 Å². The van der Waals surface area contributed by atoms with Gasteiger partial charge in [0.2, 0.25) is 0 Å². The summed E-state index contributed by atoms with van der Waals surface area (Å²) in [6, 6.07) is 9.43. The highest BCUT2D eigenvalue weighted by molar-refractivity contribution is 5.21. The zero-order chi connectivity index (χ0) is 12.6. The minimum absolute atomic E-state index is 0.682. The lowest BCUT2D eigenvalue weighted by Gasteiger charge is -2.23. The van der Waals surface area contributed by atoms with E-state index in [1.165, 1.54) is 36.9 Å². The van der Waals surface area contributed by atoms with Crippen LogP contribution in [0.25, 0.3) is 0 Å². The van der Waals surface area contributed by atoms with Crippen LogP contribution in [-0.2, 0) is 17.8 Å². The highest BCUT2D eigenvalue weighted by Crippen LogP contribution is 2.11. The molecule has 1 aliphatic rings. The van der Waals surface area contributed by atoms with Gasteiger partial charge in [0.05, 0.1) is 6.61 Å². The van der Waals surface area contributed by atoms with Crippen LogP contribution >= 0.6 is 0 Å². The van der Waals surface area contributed by atoms with Gasteiger partial charge in [-0.3, -0.25) is 0 Å². The molecule has 1 unspecified atom stereocenters. The van der Waals surface area contributed by atoms with Crippen LogP contribution in [0.3, 0.4) is 0 Å². The van der Waals surface area contributed by atoms with Crippen LogP contribution in [-0.4, -0.2) is 19.2 Å². The van der Waals surface area contributed by atoms with Crippen LogP contribution < -0.4 is 5.32 Å². The van der Waals surface area contributed by atoms with Gasteiger partial charge in [-0.25, -0.2) is 0 Å². The molecule has 2 nitrogen and oxygen atoms in total. The Hall–Kier alpha value is -0.860. The maximum Gasteiger partial charge on any atom is 0.0716 e. The average Bonchev–Trinajstić information content (AvgIpc) is 2.45. The quantitative estimate of drug-likeness (QED) is 0.779. The van der Waals surface area contributed by atoms with Gasteiger partial charge in [0.1, 0.15) is 0 Å². The van der Waals surface area contributed by atoms with Gasteiger partial charge in [0.15, 0.2) is 0 Å². The second kappa shape index (κ2) is 7.55. The molecule has 1 saturated heterocycles. The Balaban J connectivity index is 1.62. The molecule has 1 aromatic rings. The summed E-state index contributed by atoms with van der Waals surface area (Å²) < 4.78 is 5.76. The van der Waals surface area contributed by atoms with Gasteiger partial charge in [-0.1, -0.05) is 37.6 Å². The minimum atomic E-state index is 0.682. The molecule has 1 aromatic carbocycles. The third kappa shape index (κ3) is 4.43. The normalized spacial score (nSPS) is 19.9. The number of rotatable bonds is 6. The molecule has 1 heterocycles. The van der Waals surface area contributed by atoms with Crippen LogP contribution in [0.1, 0.15) is 43.7 Å². The molecule has 0 saturated carbocycles. The summed E-state index contributed by atoms with van der Waals surface area (Å²) in [7, 11) is 0. The molecule has 2 heteroatoms. The number of ether oxygens (including phenoxy) is 1. The second-order valence-corrected chi connectivity index (χ2v) is 5.16. The van der Waals surface area contributed by atoms with E-state index >= 15 is 0 Å². The molecule has 100 valence electrons. The fraction of sp³-hybridized carbons (Fsp3) is 0.625. The van der Waals surface area contributed by atoms with E-state index in [-0.39, 0.29) is 0 Å². The van der Waals surface area contributed by atoms with Gasteiger partial charge >= 0.3 is 0 Å². The van der Waals surface area contributed by atoms with Crippen molar-refractivity contribution in [2.45, 2.75) is 51.7 Å². The van der Waals surface area contributed by atoms with Gasteiger partial charge in [-0.05, 0) is 43.4 Å². The fourth-order valence-electron chi connectivity index (χ4n) is 2.46. The summed E-state index contributed by atoms with van der Waals surface area (Å²) >= 11 is 0. The summed E-state index contributed by atoms with van der Waals surface area (Å²) in [5.74, 6) is 0. The van der Waals surface area contributed by atoms with E-state index in [0.717, 1.165) is 26.1 Å². The lowest BCUT2D eigenvalue weighted by Crippen LogP contribution is -2.34. The van der Waals surface area contributed by atoms with Crippen LogP contribution in [0.2, 0.25) is 0 Å². The number of nitrogens with one attached hydrogen (secondary N) is 1. The maximum absolute atomic E-state index is 5.76. The number of hydrogen-bond donors (Lipinski definition) is 1. The minimum Gasteiger partial charge on any atom is -0.377 e. The SMILES string of the molecule is CCc1ccc(COCCC2CCCCN2)cc1. The van der Waals surface area contributed by atoms with E-state index in [1.54, 1.807) is 0 Å². The molecule has 1 aliphatic heterocycles. The monoisotopic (exact) mass is 247 g/mol. The molecule has 0 amide bonds. The van der Waals surface area contributed by atoms with E-state index in [4.69, 9.17) is 4.74 Å². The van der Waals surface area contributed by atoms with Crippen molar-refractivity contribution in [1.29, 1.82) is 0 Å². The Morgan fingerprint density at radius 1 is 1.17 bits per heavy atom. The Labute approximate surface area is 111 Å². The summed E-state index contributed by atoms with van der Waals surface area (Å²) in [6.07, 6.45) is 6.27. The van der Waals surface area contributed by atoms with E-state index in [2.05, 4.69) is 36.5 Å². The van der Waals surface area contributed by atoms with Gasteiger partial charge in [0, 0.05) is 12.6 Å². The first-order valence-corrected chi connectivity index (χ1v) is 7.27. The first-order valence-electron chi connectivity index (χ1n) is 7.27. The van der Waals surface area contributed by atoms with Crippen molar-refractivity contribution in [3.63, 3.8) is 0 Å². The number of hydrogen-bond acceptors (Lipinski definition) is 2. The van der Waals surface area contributed by atoms with E-state index < -0.39 is 0 Å². The van der Waals surface area contributed by atoms with Gasteiger partial charge < -0.3 is 10.1 Å². The molecule has 0 aromatic heterocycles. The zero-order valence-corrected chi connectivity index (χ0v) is 11.5. The summed E-state index contributed by atoms with van der Waals surface area (Å²) in [4.78, 5) is 0. The molecular formula is C16H25NO. The lowest BCUT2D eigenvalue weighted by molar-refractivity contribution is 0.108. The smallest absolute Gasteiger partial charge is 0.0716 e. The van der Waals surface area contributed by atoms with Crippen LogP contribution in [0.5, 0.6) is 0 Å². The fourth-order valence-corrected chi connectivity index (χ4v) is 2.46. The zero-order valence-electron chi connectivity index (χ0n) is 11.5. The highest BCUT2D eigenvalue weighted by Gasteiger charge is 2.11. The van der Waals surface area contributed by atoms with E-state index in [1.807, 2.05) is 0 Å². The van der Waals surface area contributed by atoms with Gasteiger partial charge in [-0.15, -0.1) is 0 Å². The molecular weight excluding hydrogens is 222 g/mol. The van der Waals surface area contributed by atoms with Crippen molar-refractivity contribution in [3.05, 3.63) is 35.4 Å². The second-order valence-electron chi connectivity index (χ2n) is 5.16. The third-order valence-corrected chi connectivity index (χ3v) is 3.72. The van der Waals surface area contributed by atoms with Crippen molar-refractivity contribution in [1.82, 2.24) is 5.32 Å². The molecule has 18 heavy (non-hydrogen) atoms. The predicted octanol–water partition coefficient (Wildman–Crippen LogP) is 3.30. The Morgan fingerprint density at radius 3 is 2.61 bits per heavy atom. The molecule has 0 bridgehead atoms. The Bertz CT molecular complexity index is 327. The Morgan fingerprint density at radius 2 is 1.94 bits per heavy atom. The van der Waals surface area contributed by atoms with Crippen LogP contribution in [0, 0.1) is 0 Å². The molecule has 0 aliphatic carbocycles. The molecule has 1 atom stereocenters. The van der Waals surface area contributed by atoms with Gasteiger partial charge in [0.25, 0.3) is 0 Å². The summed E-state index contributed by atoms with van der Waals surface area (Å²) in [5.41, 5.74) is 2.67. The van der Waals surface area contributed by atoms with Crippen molar-refractivity contribution in [2.75, 3.05) is 13.2 Å². The van der Waals surface area contributed by atoms with Crippen molar-refractivity contribution >= 4 is 0 Å². The van der Waals surface area contributed by atoms with Crippen LogP contribution in [0.15, 0.2) is 24.3 Å². The Kier molecular flexibility index (Phi) is 5.69. The summed E-state index contributed by atoms with van der Waals surface area (Å²) in [6.45, 7) is 4.98. The predicted molar refractivity (Wildman–Crippen MR) is 75.7 cm³/mol. The summed E-state index contributed by atoms with van der Waals surface area (Å²) in [5, 5.41) is 3.55. The van der Waals surface area contributed by atoms with Gasteiger partial charge in [-0.2, -0.15) is 0 Å². The van der Waals surface area contributed by atoms with Crippen molar-refractivity contribution < 1.29 is 4.74 Å². The van der Waals surface area contributed by atoms with E-state index in [0.29, 0.717) is 6.04 Å². The molecule has 2 rings (SSSR count). The van der Waals surface area contributed by atoms with E-state index in [9.17, 15) is 0 Å². The first-order chi connectivity index (χ1) is 8.88. The lowest BCUT2D eigenvalue weighted by atomic mass is 10.0. The largest absolute Gasteiger partial charge is 0.377 e. The molecule has 1 N–H and O–H groups in total. The topological polar surface area (TPSA) is 21.3 Å². The number of piperidine rings is 1. The maximum atomic E-state index is 5.76. The third-order valence-electron chi connectivity index (χ3n) is 3.72. The van der Waals surface area contributed by atoms with Crippen molar-refractivity contribution in [3.8, 4) is 0 Å². The average molecular weight is 247 g/mol. The number of aryl methyl sites for hydroxylation is 1. The van der Waals surface area contributed by atoms with Crippen LogP contribution in [0.4, 0.5) is 0 Å². The number of benzene rings is 1. The standard InChI is InChI=1S/C16H25NO/c1-2-14-6-8-15(9-7-14)13-18-12-10-16-5-3-4-11-17-16/h6-9,16-17H,2-5,10-13H2,1H3.